The smallest absolute Gasteiger partial charge is 0.192 e. The van der Waals surface area contributed by atoms with E-state index in [0.717, 1.165) is 11.3 Å². The summed E-state index contributed by atoms with van der Waals surface area (Å²) in [5.74, 6) is 0. The molecule has 88 valence electrons. The van der Waals surface area contributed by atoms with Gasteiger partial charge in [0.05, 0.1) is 11.1 Å². The van der Waals surface area contributed by atoms with Crippen LogP contribution in [0.5, 0.6) is 0 Å². The van der Waals surface area contributed by atoms with Crippen molar-refractivity contribution in [1.82, 2.24) is 0 Å². The van der Waals surface area contributed by atoms with Crippen molar-refractivity contribution in [2.75, 3.05) is 0 Å². The second kappa shape index (κ2) is 4.31. The summed E-state index contributed by atoms with van der Waals surface area (Å²) in [5.41, 5.74) is 0.0706. The van der Waals surface area contributed by atoms with Crippen molar-refractivity contribution in [1.29, 1.82) is 5.26 Å². The van der Waals surface area contributed by atoms with Crippen molar-refractivity contribution < 1.29 is 13.2 Å². The average Bonchev–Trinajstić information content (AvgIpc) is 2.56. The van der Waals surface area contributed by atoms with Crippen LogP contribution in [0.15, 0.2) is 22.7 Å². The molecule has 2 aromatic rings. The highest BCUT2D eigenvalue weighted by atomic mass is 79.9. The molecular weight excluding hydrogens is 315 g/mol. The molecule has 6 heteroatoms. The molecule has 0 aliphatic carbocycles. The maximum Gasteiger partial charge on any atom is 0.393 e. The topological polar surface area (TPSA) is 23.8 Å². The van der Waals surface area contributed by atoms with E-state index >= 15 is 0 Å². The van der Waals surface area contributed by atoms with Gasteiger partial charge in [0.25, 0.3) is 0 Å². The van der Waals surface area contributed by atoms with Gasteiger partial charge in [0.1, 0.15) is 10.9 Å². The van der Waals surface area contributed by atoms with Gasteiger partial charge in [-0.1, -0.05) is 12.1 Å². The highest BCUT2D eigenvalue weighted by molar-refractivity contribution is 9.10. The molecule has 0 saturated heterocycles. The summed E-state index contributed by atoms with van der Waals surface area (Å²) < 4.78 is 38.7. The molecule has 0 spiro atoms. The van der Waals surface area contributed by atoms with Crippen LogP contribution in [0, 0.1) is 11.3 Å². The van der Waals surface area contributed by atoms with Crippen molar-refractivity contribution in [3.05, 3.63) is 33.1 Å². The Labute approximate surface area is 108 Å². The quantitative estimate of drug-likeness (QED) is 0.751. The molecule has 1 nitrogen and oxygen atoms in total. The maximum atomic E-state index is 12.4. The van der Waals surface area contributed by atoms with Gasteiger partial charge >= 0.3 is 6.18 Å². The maximum absolute atomic E-state index is 12.4. The van der Waals surface area contributed by atoms with Gasteiger partial charge in [0.15, 0.2) is 0 Å². The Morgan fingerprint density at radius 3 is 2.65 bits per heavy atom. The van der Waals surface area contributed by atoms with E-state index in [9.17, 15) is 13.2 Å². The highest BCUT2D eigenvalue weighted by Gasteiger charge is 2.31. The van der Waals surface area contributed by atoms with Gasteiger partial charge < -0.3 is 0 Å². The first-order chi connectivity index (χ1) is 7.92. The molecule has 0 saturated carbocycles. The van der Waals surface area contributed by atoms with Gasteiger partial charge in [-0.25, -0.2) is 0 Å². The van der Waals surface area contributed by atoms with Crippen LogP contribution >= 0.6 is 27.3 Å². The second-order valence-corrected chi connectivity index (χ2v) is 5.30. The molecule has 17 heavy (non-hydrogen) atoms. The molecule has 0 fully saturated rings. The number of halogens is 4. The number of thiophene rings is 1. The second-order valence-electron chi connectivity index (χ2n) is 3.43. The fourth-order valence-electron chi connectivity index (χ4n) is 1.60. The van der Waals surface area contributed by atoms with Gasteiger partial charge in [0, 0.05) is 4.47 Å². The zero-order chi connectivity index (χ0) is 12.6. The summed E-state index contributed by atoms with van der Waals surface area (Å²) in [6, 6.07) is 6.86. The van der Waals surface area contributed by atoms with Gasteiger partial charge in [0.2, 0.25) is 0 Å². The minimum atomic E-state index is -4.30. The Morgan fingerprint density at radius 1 is 1.35 bits per heavy atom. The van der Waals surface area contributed by atoms with E-state index in [0.29, 0.717) is 14.6 Å². The van der Waals surface area contributed by atoms with Crippen molar-refractivity contribution >= 4 is 37.4 Å². The number of benzene rings is 1. The minimum Gasteiger partial charge on any atom is -0.192 e. The Balaban J connectivity index is 2.68. The predicted octanol–water partition coefficient (Wildman–Crippen LogP) is 4.64. The van der Waals surface area contributed by atoms with E-state index in [4.69, 9.17) is 5.26 Å². The minimum absolute atomic E-state index is 0.0706. The molecule has 1 aromatic heterocycles. The molecule has 0 N–H and O–H groups in total. The molecule has 0 amide bonds. The lowest BCUT2D eigenvalue weighted by Gasteiger charge is -2.05. The number of fused-ring (bicyclic) bond motifs is 1. The van der Waals surface area contributed by atoms with Gasteiger partial charge in [-0.05, 0) is 32.9 Å². The molecule has 0 radical (unpaired) electrons. The fourth-order valence-corrected chi connectivity index (χ4v) is 3.23. The van der Waals surface area contributed by atoms with E-state index in [1.54, 1.807) is 18.2 Å². The van der Waals surface area contributed by atoms with Crippen LogP contribution in [0.2, 0.25) is 0 Å². The fraction of sp³-hybridized carbons (Fsp3) is 0.182. The largest absolute Gasteiger partial charge is 0.393 e. The summed E-state index contributed by atoms with van der Waals surface area (Å²) in [4.78, 5) is 0.129. The summed E-state index contributed by atoms with van der Waals surface area (Å²) in [5, 5.41) is 9.38. The van der Waals surface area contributed by atoms with Crippen molar-refractivity contribution in [2.45, 2.75) is 12.6 Å². The first-order valence-electron chi connectivity index (χ1n) is 4.59. The average molecular weight is 320 g/mol. The van der Waals surface area contributed by atoms with Crippen LogP contribution in [0.3, 0.4) is 0 Å². The predicted molar refractivity (Wildman–Crippen MR) is 64.0 cm³/mol. The molecule has 0 bridgehead atoms. The van der Waals surface area contributed by atoms with Crippen molar-refractivity contribution in [2.24, 2.45) is 0 Å². The SMILES string of the molecule is N#Cc1sc2c(Br)cccc2c1CC(F)(F)F. The molecule has 0 atom stereocenters. The third-order valence-corrected chi connectivity index (χ3v) is 4.36. The number of hydrogen-bond donors (Lipinski definition) is 0. The van der Waals surface area contributed by atoms with Gasteiger partial charge in [-0.15, -0.1) is 11.3 Å². The van der Waals surface area contributed by atoms with Crippen LogP contribution in [0.25, 0.3) is 10.1 Å². The van der Waals surface area contributed by atoms with Gasteiger partial charge in [-0.3, -0.25) is 0 Å². The Kier molecular flexibility index (Phi) is 3.15. The summed E-state index contributed by atoms with van der Waals surface area (Å²) >= 11 is 4.36. The van der Waals surface area contributed by atoms with Crippen LogP contribution in [-0.4, -0.2) is 6.18 Å². The van der Waals surface area contributed by atoms with E-state index in [2.05, 4.69) is 15.9 Å². The van der Waals surface area contributed by atoms with Gasteiger partial charge in [-0.2, -0.15) is 18.4 Å². The van der Waals surface area contributed by atoms with E-state index in [1.165, 1.54) is 0 Å². The number of hydrogen-bond acceptors (Lipinski definition) is 2. The van der Waals surface area contributed by atoms with E-state index in [1.807, 2.05) is 6.07 Å². The highest BCUT2D eigenvalue weighted by Crippen LogP contribution is 2.38. The standard InChI is InChI=1S/C11H5BrF3NS/c12-8-3-1-2-6-7(4-11(13,14)15)9(5-16)17-10(6)8/h1-3H,4H2. The molecular formula is C11H5BrF3NS. The van der Waals surface area contributed by atoms with Crippen LogP contribution < -0.4 is 0 Å². The summed E-state index contributed by atoms with van der Waals surface area (Å²) in [6.45, 7) is 0. The summed E-state index contributed by atoms with van der Waals surface area (Å²) in [6.07, 6.45) is -5.37. The third kappa shape index (κ3) is 2.45. The molecule has 0 unspecified atom stereocenters. The lowest BCUT2D eigenvalue weighted by molar-refractivity contribution is -0.126. The zero-order valence-electron chi connectivity index (χ0n) is 8.31. The monoisotopic (exact) mass is 319 g/mol. The van der Waals surface area contributed by atoms with Crippen molar-refractivity contribution in [3.63, 3.8) is 0 Å². The zero-order valence-corrected chi connectivity index (χ0v) is 10.7. The first kappa shape index (κ1) is 12.4. The molecule has 2 rings (SSSR count). The molecule has 1 aromatic carbocycles. The Morgan fingerprint density at radius 2 is 2.06 bits per heavy atom. The Bertz CT molecular complexity index is 609. The number of nitriles is 1. The lowest BCUT2D eigenvalue weighted by Crippen LogP contribution is -2.11. The lowest BCUT2D eigenvalue weighted by atomic mass is 10.1. The van der Waals surface area contributed by atoms with E-state index in [-0.39, 0.29) is 10.4 Å². The molecule has 0 aliphatic heterocycles. The number of rotatable bonds is 1. The summed E-state index contributed by atoms with van der Waals surface area (Å²) in [7, 11) is 0. The Hall–Kier alpha value is -1.06. The number of alkyl halides is 3. The van der Waals surface area contributed by atoms with E-state index < -0.39 is 12.6 Å². The normalized spacial score (nSPS) is 11.7. The van der Waals surface area contributed by atoms with Crippen molar-refractivity contribution in [3.8, 4) is 6.07 Å². The third-order valence-electron chi connectivity index (χ3n) is 2.25. The molecule has 0 aliphatic rings. The van der Waals surface area contributed by atoms with Crippen LogP contribution in [-0.2, 0) is 6.42 Å². The van der Waals surface area contributed by atoms with Crippen LogP contribution in [0.1, 0.15) is 10.4 Å². The number of nitrogens with zero attached hydrogens (tertiary/aromatic N) is 1. The first-order valence-corrected chi connectivity index (χ1v) is 6.20. The van der Waals surface area contributed by atoms with Crippen LogP contribution in [0.4, 0.5) is 13.2 Å². The molecule has 1 heterocycles.